The molecule has 4 N–H and O–H groups in total. The molecule has 1 aromatic carbocycles. The zero-order valence-corrected chi connectivity index (χ0v) is 8.80. The first-order valence-corrected chi connectivity index (χ1v) is 4.73. The lowest BCUT2D eigenvalue weighted by atomic mass is 10.2. The van der Waals surface area contributed by atoms with Gasteiger partial charge in [-0.3, -0.25) is 9.89 Å². The largest absolute Gasteiger partial charge is 0.396 e. The smallest absolute Gasteiger partial charge is 0.275 e. The van der Waals surface area contributed by atoms with Crippen LogP contribution in [0.3, 0.4) is 0 Å². The number of H-pyrrole nitrogens is 1. The quantitative estimate of drug-likeness (QED) is 0.714. The fourth-order valence-corrected chi connectivity index (χ4v) is 1.28. The molecule has 0 spiro atoms. The van der Waals surface area contributed by atoms with Crippen LogP contribution in [-0.2, 0) is 0 Å². The first-order valence-electron chi connectivity index (χ1n) is 4.73. The van der Waals surface area contributed by atoms with Gasteiger partial charge >= 0.3 is 0 Å². The van der Waals surface area contributed by atoms with E-state index in [0.29, 0.717) is 12.1 Å². The van der Waals surface area contributed by atoms with Crippen LogP contribution in [-0.4, -0.2) is 16.1 Å². The number of nitrogen functional groups attached to an aromatic ring is 1. The van der Waals surface area contributed by atoms with Crippen LogP contribution in [0.5, 0.6) is 0 Å². The van der Waals surface area contributed by atoms with E-state index in [2.05, 4.69) is 10.2 Å². The summed E-state index contributed by atoms with van der Waals surface area (Å²) < 4.78 is 38.8. The molecule has 18 heavy (non-hydrogen) atoms. The number of nitrogens with zero attached hydrogens (tertiary/aromatic N) is 1. The number of hydrogen-bond acceptors (Lipinski definition) is 3. The molecule has 0 bridgehead atoms. The van der Waals surface area contributed by atoms with E-state index < -0.39 is 29.0 Å². The summed E-state index contributed by atoms with van der Waals surface area (Å²) in [6.07, 6.45) is 1.19. The third-order valence-electron chi connectivity index (χ3n) is 2.15. The molecule has 1 amide bonds. The second-order valence-corrected chi connectivity index (χ2v) is 3.40. The molecule has 0 aliphatic heterocycles. The van der Waals surface area contributed by atoms with Crippen molar-refractivity contribution in [2.45, 2.75) is 0 Å². The van der Waals surface area contributed by atoms with E-state index in [1.807, 2.05) is 5.32 Å². The number of halogens is 3. The molecule has 0 radical (unpaired) electrons. The van der Waals surface area contributed by atoms with Crippen LogP contribution in [0.2, 0.25) is 0 Å². The van der Waals surface area contributed by atoms with Gasteiger partial charge < -0.3 is 11.1 Å². The molecular weight excluding hydrogens is 249 g/mol. The number of hydrogen-bond donors (Lipinski definition) is 3. The lowest BCUT2D eigenvalue weighted by Crippen LogP contribution is -2.15. The maximum atomic E-state index is 13.3. The number of anilines is 2. The highest BCUT2D eigenvalue weighted by molar-refractivity contribution is 6.06. The number of aromatic amines is 1. The number of amides is 1. The van der Waals surface area contributed by atoms with Gasteiger partial charge in [-0.1, -0.05) is 0 Å². The summed E-state index contributed by atoms with van der Waals surface area (Å²) in [6.45, 7) is 0. The van der Waals surface area contributed by atoms with E-state index >= 15 is 0 Å². The number of nitrogens with two attached hydrogens (primary N) is 1. The van der Waals surface area contributed by atoms with Crippen molar-refractivity contribution < 1.29 is 18.0 Å². The standard InChI is InChI=1S/C10H7F3N4O/c11-4-1-6(13)8(2-5(4)12)16-10(18)9-7(14)3-15-17-9/h1-3H,14H2,(H,15,17)(H,16,18). The van der Waals surface area contributed by atoms with Crippen LogP contribution in [0.1, 0.15) is 10.5 Å². The van der Waals surface area contributed by atoms with Gasteiger partial charge in [-0.15, -0.1) is 0 Å². The molecule has 0 aliphatic carbocycles. The summed E-state index contributed by atoms with van der Waals surface area (Å²) in [5, 5.41) is 7.84. The van der Waals surface area contributed by atoms with Crippen LogP contribution >= 0.6 is 0 Å². The van der Waals surface area contributed by atoms with Crippen molar-refractivity contribution >= 4 is 17.3 Å². The van der Waals surface area contributed by atoms with Gasteiger partial charge in [0.2, 0.25) is 0 Å². The van der Waals surface area contributed by atoms with E-state index in [9.17, 15) is 18.0 Å². The number of nitrogens with one attached hydrogen (secondary N) is 2. The molecule has 1 aromatic heterocycles. The average Bonchev–Trinajstić information content (AvgIpc) is 2.72. The van der Waals surface area contributed by atoms with Crippen molar-refractivity contribution in [1.82, 2.24) is 10.2 Å². The van der Waals surface area contributed by atoms with Crippen molar-refractivity contribution in [2.75, 3.05) is 11.1 Å². The minimum Gasteiger partial charge on any atom is -0.396 e. The summed E-state index contributed by atoms with van der Waals surface area (Å²) in [5.74, 6) is -4.52. The third-order valence-corrected chi connectivity index (χ3v) is 2.15. The van der Waals surface area contributed by atoms with Gasteiger partial charge in [-0.2, -0.15) is 5.10 Å². The van der Waals surface area contributed by atoms with Crippen molar-refractivity contribution in [3.8, 4) is 0 Å². The van der Waals surface area contributed by atoms with Crippen molar-refractivity contribution in [3.63, 3.8) is 0 Å². The van der Waals surface area contributed by atoms with Gasteiger partial charge in [0.25, 0.3) is 5.91 Å². The van der Waals surface area contributed by atoms with Crippen LogP contribution in [0.15, 0.2) is 18.3 Å². The Labute approximate surface area is 98.8 Å². The van der Waals surface area contributed by atoms with E-state index in [4.69, 9.17) is 5.73 Å². The number of carbonyl (C=O) groups is 1. The number of carbonyl (C=O) groups excluding carboxylic acids is 1. The van der Waals surface area contributed by atoms with Gasteiger partial charge in [0.1, 0.15) is 11.5 Å². The molecule has 0 aliphatic rings. The molecule has 5 nitrogen and oxygen atoms in total. The van der Waals surface area contributed by atoms with Crippen molar-refractivity contribution in [1.29, 1.82) is 0 Å². The Bertz CT molecular complexity index is 611. The SMILES string of the molecule is Nc1cn[nH]c1C(=O)Nc1cc(F)c(F)cc1F. The van der Waals surface area contributed by atoms with Crippen LogP contribution in [0.4, 0.5) is 24.5 Å². The summed E-state index contributed by atoms with van der Waals surface area (Å²) >= 11 is 0. The third kappa shape index (κ3) is 2.12. The molecule has 0 fully saturated rings. The Hall–Kier alpha value is -2.51. The predicted molar refractivity (Wildman–Crippen MR) is 57.3 cm³/mol. The minimum absolute atomic E-state index is 0.0514. The molecule has 0 atom stereocenters. The lowest BCUT2D eigenvalue weighted by molar-refractivity contribution is 0.102. The summed E-state index contributed by atoms with van der Waals surface area (Å²) in [6, 6.07) is 0.871. The highest BCUT2D eigenvalue weighted by Gasteiger charge is 2.16. The van der Waals surface area contributed by atoms with E-state index in [-0.39, 0.29) is 11.4 Å². The first kappa shape index (κ1) is 12.0. The predicted octanol–water partition coefficient (Wildman–Crippen LogP) is 1.66. The Kier molecular flexibility index (Phi) is 2.92. The van der Waals surface area contributed by atoms with Crippen molar-refractivity contribution in [3.05, 3.63) is 41.5 Å². The van der Waals surface area contributed by atoms with Crippen LogP contribution in [0, 0.1) is 17.5 Å². The summed E-state index contributed by atoms with van der Waals surface area (Å²) in [4.78, 5) is 11.6. The van der Waals surface area contributed by atoms with E-state index in [1.165, 1.54) is 6.20 Å². The normalized spacial score (nSPS) is 10.4. The molecule has 0 unspecified atom stereocenters. The summed E-state index contributed by atoms with van der Waals surface area (Å²) in [7, 11) is 0. The van der Waals surface area contributed by atoms with Crippen molar-refractivity contribution in [2.24, 2.45) is 0 Å². The zero-order chi connectivity index (χ0) is 13.3. The van der Waals surface area contributed by atoms with E-state index in [1.54, 1.807) is 0 Å². The molecule has 0 saturated carbocycles. The fourth-order valence-electron chi connectivity index (χ4n) is 1.28. The molecular formula is C10H7F3N4O. The number of benzene rings is 1. The second kappa shape index (κ2) is 4.40. The molecule has 8 heteroatoms. The summed E-state index contributed by atoms with van der Waals surface area (Å²) in [5.41, 5.74) is 4.87. The van der Waals surface area contributed by atoms with Gasteiger partial charge in [0.05, 0.1) is 17.6 Å². The molecule has 94 valence electrons. The topological polar surface area (TPSA) is 83.8 Å². The fraction of sp³-hybridized carbons (Fsp3) is 0. The Morgan fingerprint density at radius 3 is 2.50 bits per heavy atom. The highest BCUT2D eigenvalue weighted by Crippen LogP contribution is 2.19. The number of rotatable bonds is 2. The second-order valence-electron chi connectivity index (χ2n) is 3.40. The zero-order valence-electron chi connectivity index (χ0n) is 8.80. The lowest BCUT2D eigenvalue weighted by Gasteiger charge is -2.06. The van der Waals surface area contributed by atoms with E-state index in [0.717, 1.165) is 0 Å². The maximum Gasteiger partial charge on any atom is 0.275 e. The van der Waals surface area contributed by atoms with Gasteiger partial charge in [-0.25, -0.2) is 13.2 Å². The number of aromatic nitrogens is 2. The minimum atomic E-state index is -1.34. The highest BCUT2D eigenvalue weighted by atomic mass is 19.2. The Morgan fingerprint density at radius 1 is 1.22 bits per heavy atom. The maximum absolute atomic E-state index is 13.3. The first-order chi connectivity index (χ1) is 8.49. The Balaban J connectivity index is 2.28. The van der Waals surface area contributed by atoms with Crippen LogP contribution < -0.4 is 11.1 Å². The van der Waals surface area contributed by atoms with Gasteiger partial charge in [-0.05, 0) is 0 Å². The average molecular weight is 256 g/mol. The molecule has 2 rings (SSSR count). The Morgan fingerprint density at radius 2 is 1.89 bits per heavy atom. The van der Waals surface area contributed by atoms with Gasteiger partial charge in [0, 0.05) is 12.1 Å². The monoisotopic (exact) mass is 256 g/mol. The van der Waals surface area contributed by atoms with Gasteiger partial charge in [0.15, 0.2) is 11.6 Å². The molecule has 1 heterocycles. The molecule has 0 saturated heterocycles. The molecule has 2 aromatic rings. The van der Waals surface area contributed by atoms with Crippen LogP contribution in [0.25, 0.3) is 0 Å².